The Morgan fingerprint density at radius 3 is 2.84 bits per heavy atom. The van der Waals surface area contributed by atoms with Crippen LogP contribution in [0.25, 0.3) is 10.9 Å². The van der Waals surface area contributed by atoms with Crippen molar-refractivity contribution in [2.75, 3.05) is 45.2 Å². The number of fused-ring (bicyclic) bond motifs is 1. The summed E-state index contributed by atoms with van der Waals surface area (Å²) < 4.78 is 11.1. The van der Waals surface area contributed by atoms with E-state index >= 15 is 0 Å². The summed E-state index contributed by atoms with van der Waals surface area (Å²) in [5, 5.41) is 4.72. The summed E-state index contributed by atoms with van der Waals surface area (Å²) in [7, 11) is 0. The van der Waals surface area contributed by atoms with Gasteiger partial charge >= 0.3 is 0 Å². The molecule has 0 aliphatic carbocycles. The van der Waals surface area contributed by atoms with Crippen molar-refractivity contribution in [2.24, 2.45) is 0 Å². The number of amides is 1. The summed E-state index contributed by atoms with van der Waals surface area (Å²) in [6.07, 6.45) is 0. The predicted octanol–water partition coefficient (Wildman–Crippen LogP) is 3.06. The molecular weight excluding hydrogens is 424 g/mol. The van der Waals surface area contributed by atoms with Crippen LogP contribution in [0, 0.1) is 6.92 Å². The molecule has 0 atom stereocenters. The number of carbonyl (C=O) groups is 1. The summed E-state index contributed by atoms with van der Waals surface area (Å²) in [4.78, 5) is 24.2. The van der Waals surface area contributed by atoms with Crippen molar-refractivity contribution < 1.29 is 14.3 Å². The molecule has 4 rings (SSSR count). The molecule has 0 unspecified atom stereocenters. The number of benzene rings is 2. The normalized spacial score (nSPS) is 14.4. The largest absolute Gasteiger partial charge is 0.492 e. The molecule has 0 bridgehead atoms. The summed E-state index contributed by atoms with van der Waals surface area (Å²) in [5.41, 5.74) is 2.05. The van der Waals surface area contributed by atoms with Crippen LogP contribution in [0.1, 0.15) is 11.4 Å². The Balaban J connectivity index is 1.31. The summed E-state index contributed by atoms with van der Waals surface area (Å²) in [5.74, 6) is 1.84. The molecule has 0 saturated carbocycles. The van der Waals surface area contributed by atoms with E-state index in [9.17, 15) is 4.79 Å². The number of para-hydroxylation sites is 1. The lowest BCUT2D eigenvalue weighted by Gasteiger charge is -2.25. The van der Waals surface area contributed by atoms with E-state index in [1.54, 1.807) is 0 Å². The third kappa shape index (κ3) is 6.41. The van der Waals surface area contributed by atoms with Crippen LogP contribution in [0.15, 0.2) is 53.6 Å². The highest BCUT2D eigenvalue weighted by Gasteiger charge is 2.15. The minimum absolute atomic E-state index is 0.0414. The van der Waals surface area contributed by atoms with Gasteiger partial charge in [-0.15, -0.1) is 0 Å². The monoisotopic (exact) mass is 452 g/mol. The van der Waals surface area contributed by atoms with E-state index in [1.165, 1.54) is 11.8 Å². The molecule has 1 aromatic heterocycles. The molecule has 2 heterocycles. The van der Waals surface area contributed by atoms with Gasteiger partial charge in [0.25, 0.3) is 0 Å². The molecule has 3 aromatic rings. The highest BCUT2D eigenvalue weighted by Crippen LogP contribution is 2.25. The highest BCUT2D eigenvalue weighted by atomic mass is 32.2. The number of carbonyl (C=O) groups excluding carboxylic acids is 1. The molecule has 32 heavy (non-hydrogen) atoms. The number of ether oxygens (including phenoxy) is 2. The Kier molecular flexibility index (Phi) is 7.92. The number of nitrogens with one attached hydrogen (secondary N) is 1. The Morgan fingerprint density at radius 2 is 2.00 bits per heavy atom. The van der Waals surface area contributed by atoms with Crippen molar-refractivity contribution in [3.8, 4) is 5.75 Å². The molecule has 168 valence electrons. The van der Waals surface area contributed by atoms with Gasteiger partial charge in [0.05, 0.1) is 37.6 Å². The lowest BCUT2D eigenvalue weighted by molar-refractivity contribution is -0.118. The van der Waals surface area contributed by atoms with Crippen LogP contribution in [0.5, 0.6) is 5.75 Å². The van der Waals surface area contributed by atoms with Crippen LogP contribution >= 0.6 is 11.8 Å². The quantitative estimate of drug-likeness (QED) is 0.304. The van der Waals surface area contributed by atoms with Crippen molar-refractivity contribution in [2.45, 2.75) is 18.5 Å². The summed E-state index contributed by atoms with van der Waals surface area (Å²) in [6, 6.07) is 15.8. The zero-order valence-electron chi connectivity index (χ0n) is 18.3. The maximum Gasteiger partial charge on any atom is 0.230 e. The number of hydrogen-bond donors (Lipinski definition) is 1. The van der Waals surface area contributed by atoms with Crippen molar-refractivity contribution in [3.63, 3.8) is 0 Å². The van der Waals surface area contributed by atoms with E-state index in [0.717, 1.165) is 59.4 Å². The van der Waals surface area contributed by atoms with E-state index in [0.29, 0.717) is 25.4 Å². The zero-order valence-corrected chi connectivity index (χ0v) is 19.1. The molecule has 1 amide bonds. The summed E-state index contributed by atoms with van der Waals surface area (Å²) in [6.45, 7) is 6.84. The van der Waals surface area contributed by atoms with Crippen LogP contribution in [-0.2, 0) is 16.1 Å². The molecule has 1 saturated heterocycles. The van der Waals surface area contributed by atoms with Crippen molar-refractivity contribution in [1.82, 2.24) is 20.2 Å². The molecule has 0 spiro atoms. The van der Waals surface area contributed by atoms with Crippen LogP contribution in [-0.4, -0.2) is 66.0 Å². The van der Waals surface area contributed by atoms with E-state index in [2.05, 4.69) is 10.2 Å². The Bertz CT molecular complexity index is 1060. The molecule has 7 nitrogen and oxygen atoms in total. The topological polar surface area (TPSA) is 76.6 Å². The first kappa shape index (κ1) is 22.5. The van der Waals surface area contributed by atoms with E-state index in [-0.39, 0.29) is 5.91 Å². The number of nitrogens with zero attached hydrogens (tertiary/aromatic N) is 3. The van der Waals surface area contributed by atoms with Gasteiger partial charge in [0, 0.05) is 18.5 Å². The first-order chi connectivity index (χ1) is 15.7. The predicted molar refractivity (Wildman–Crippen MR) is 126 cm³/mol. The van der Waals surface area contributed by atoms with Gasteiger partial charge in [0.15, 0.2) is 0 Å². The number of morpholine rings is 1. The first-order valence-electron chi connectivity index (χ1n) is 10.8. The standard InChI is InChI=1S/C24H28N4O3S/c1-18-5-4-6-19(15-18)31-12-9-25-23(29)17-32-24-20-7-2-3-8-21(20)26-22(27-24)16-28-10-13-30-14-11-28/h2-8,15H,9-14,16-17H2,1H3,(H,25,29). The van der Waals surface area contributed by atoms with Gasteiger partial charge in [-0.2, -0.15) is 0 Å². The third-order valence-corrected chi connectivity index (χ3v) is 6.10. The van der Waals surface area contributed by atoms with Crippen molar-refractivity contribution in [3.05, 3.63) is 59.9 Å². The number of rotatable bonds is 9. The summed E-state index contributed by atoms with van der Waals surface area (Å²) >= 11 is 1.44. The Labute approximate surface area is 192 Å². The average Bonchev–Trinajstić information content (AvgIpc) is 2.81. The van der Waals surface area contributed by atoms with E-state index < -0.39 is 0 Å². The van der Waals surface area contributed by atoms with E-state index in [4.69, 9.17) is 19.4 Å². The van der Waals surface area contributed by atoms with Crippen molar-refractivity contribution >= 4 is 28.6 Å². The molecule has 8 heteroatoms. The van der Waals surface area contributed by atoms with Gasteiger partial charge in [-0.1, -0.05) is 42.1 Å². The molecule has 1 aliphatic rings. The second kappa shape index (κ2) is 11.3. The maximum absolute atomic E-state index is 12.4. The number of aryl methyl sites for hydroxylation is 1. The van der Waals surface area contributed by atoms with Gasteiger partial charge in [-0.05, 0) is 30.7 Å². The molecule has 1 fully saturated rings. The molecule has 1 aliphatic heterocycles. The first-order valence-corrected chi connectivity index (χ1v) is 11.8. The number of aromatic nitrogens is 2. The lowest BCUT2D eigenvalue weighted by Crippen LogP contribution is -2.36. The lowest BCUT2D eigenvalue weighted by atomic mass is 10.2. The van der Waals surface area contributed by atoms with Crippen LogP contribution in [0.2, 0.25) is 0 Å². The Hall–Kier alpha value is -2.68. The second-order valence-corrected chi connectivity index (χ2v) is 8.62. The minimum atomic E-state index is -0.0414. The molecule has 0 radical (unpaired) electrons. The van der Waals surface area contributed by atoms with E-state index in [1.807, 2.05) is 55.5 Å². The second-order valence-electron chi connectivity index (χ2n) is 7.65. The van der Waals surface area contributed by atoms with Gasteiger partial charge in [-0.3, -0.25) is 9.69 Å². The minimum Gasteiger partial charge on any atom is -0.492 e. The molecule has 1 N–H and O–H groups in total. The van der Waals surface area contributed by atoms with Gasteiger partial charge < -0.3 is 14.8 Å². The number of thioether (sulfide) groups is 1. The van der Waals surface area contributed by atoms with Crippen LogP contribution < -0.4 is 10.1 Å². The molecule has 2 aromatic carbocycles. The maximum atomic E-state index is 12.4. The van der Waals surface area contributed by atoms with Gasteiger partial charge in [0.1, 0.15) is 23.2 Å². The van der Waals surface area contributed by atoms with Gasteiger partial charge in [-0.25, -0.2) is 9.97 Å². The third-order valence-electron chi connectivity index (χ3n) is 5.11. The fraction of sp³-hybridized carbons (Fsp3) is 0.375. The van der Waals surface area contributed by atoms with Crippen LogP contribution in [0.3, 0.4) is 0 Å². The smallest absolute Gasteiger partial charge is 0.230 e. The fourth-order valence-corrected chi connectivity index (χ4v) is 4.35. The van der Waals surface area contributed by atoms with Crippen molar-refractivity contribution in [1.29, 1.82) is 0 Å². The van der Waals surface area contributed by atoms with Gasteiger partial charge in [0.2, 0.25) is 5.91 Å². The fourth-order valence-electron chi connectivity index (χ4n) is 3.48. The van der Waals surface area contributed by atoms with Crippen LogP contribution in [0.4, 0.5) is 0 Å². The SMILES string of the molecule is Cc1cccc(OCCNC(=O)CSc2nc(CN3CCOCC3)nc3ccccc23)c1. The molecular formula is C24H28N4O3S. The number of hydrogen-bond acceptors (Lipinski definition) is 7. The zero-order chi connectivity index (χ0) is 22.2. The highest BCUT2D eigenvalue weighted by molar-refractivity contribution is 8.00. The average molecular weight is 453 g/mol. The Morgan fingerprint density at radius 1 is 1.16 bits per heavy atom.